The Balaban J connectivity index is 1.57. The van der Waals surface area contributed by atoms with Crippen molar-refractivity contribution in [1.82, 2.24) is 5.32 Å². The number of benzene rings is 2. The van der Waals surface area contributed by atoms with E-state index < -0.39 is 16.4 Å². The van der Waals surface area contributed by atoms with Crippen LogP contribution in [0.3, 0.4) is 0 Å². The summed E-state index contributed by atoms with van der Waals surface area (Å²) in [5.41, 5.74) is 1.16. The molecule has 174 valence electrons. The third kappa shape index (κ3) is 4.04. The van der Waals surface area contributed by atoms with E-state index >= 15 is 0 Å². The number of ether oxygens (including phenoxy) is 1. The SMILES string of the molecule is COc1cc([N+](=O)[O-])ccc1NC(=O)C1CC2(CN1)C(=O)N(CC(C)(C)C)c1ccccc12. The Kier molecular flexibility index (Phi) is 5.61. The standard InChI is InChI=1S/C24H28N4O5/c1-23(2,3)14-27-19-8-6-5-7-16(19)24(22(27)30)12-18(25-13-24)21(29)26-17-10-9-15(28(31)32)11-20(17)33-4/h5-11,18,25H,12-14H2,1-4H3,(H,26,29). The molecule has 0 saturated carbocycles. The molecule has 1 spiro atoms. The van der Waals surface area contributed by atoms with Gasteiger partial charge in [-0.25, -0.2) is 0 Å². The largest absolute Gasteiger partial charge is 0.494 e. The number of hydrogen-bond acceptors (Lipinski definition) is 6. The highest BCUT2D eigenvalue weighted by Crippen LogP contribution is 2.47. The van der Waals surface area contributed by atoms with Gasteiger partial charge in [0.25, 0.3) is 5.69 Å². The predicted octanol–water partition coefficient (Wildman–Crippen LogP) is 3.23. The number of carbonyl (C=O) groups excluding carboxylic acids is 2. The Bertz CT molecular complexity index is 1130. The van der Waals surface area contributed by atoms with Crippen molar-refractivity contribution >= 4 is 28.9 Å². The summed E-state index contributed by atoms with van der Waals surface area (Å²) in [5.74, 6) is -0.114. The fourth-order valence-electron chi connectivity index (χ4n) is 4.69. The molecule has 2 N–H and O–H groups in total. The maximum absolute atomic E-state index is 13.7. The lowest BCUT2D eigenvalue weighted by Gasteiger charge is -2.29. The van der Waals surface area contributed by atoms with Crippen LogP contribution in [-0.4, -0.2) is 43.0 Å². The van der Waals surface area contributed by atoms with Gasteiger partial charge in [-0.1, -0.05) is 39.0 Å². The van der Waals surface area contributed by atoms with Gasteiger partial charge in [0.1, 0.15) is 5.75 Å². The van der Waals surface area contributed by atoms with Crippen LogP contribution >= 0.6 is 0 Å². The van der Waals surface area contributed by atoms with Gasteiger partial charge < -0.3 is 20.3 Å². The summed E-state index contributed by atoms with van der Waals surface area (Å²) in [7, 11) is 1.38. The van der Waals surface area contributed by atoms with E-state index in [1.54, 1.807) is 0 Å². The molecule has 2 heterocycles. The van der Waals surface area contributed by atoms with E-state index in [0.29, 0.717) is 25.2 Å². The van der Waals surface area contributed by atoms with Crippen LogP contribution in [0.5, 0.6) is 5.75 Å². The number of nitrogens with one attached hydrogen (secondary N) is 2. The van der Waals surface area contributed by atoms with Crippen LogP contribution < -0.4 is 20.3 Å². The minimum atomic E-state index is -0.802. The van der Waals surface area contributed by atoms with Gasteiger partial charge in [-0.2, -0.15) is 0 Å². The zero-order valence-electron chi connectivity index (χ0n) is 19.2. The van der Waals surface area contributed by atoms with E-state index in [9.17, 15) is 19.7 Å². The van der Waals surface area contributed by atoms with Crippen molar-refractivity contribution in [3.05, 3.63) is 58.1 Å². The van der Waals surface area contributed by atoms with Gasteiger partial charge in [-0.3, -0.25) is 19.7 Å². The lowest BCUT2D eigenvalue weighted by atomic mass is 9.79. The summed E-state index contributed by atoms with van der Waals surface area (Å²) in [6.07, 6.45) is 0.324. The van der Waals surface area contributed by atoms with Crippen LogP contribution in [0.4, 0.5) is 17.1 Å². The number of anilines is 2. The second kappa shape index (κ2) is 8.15. The molecule has 33 heavy (non-hydrogen) atoms. The molecule has 2 unspecified atom stereocenters. The molecule has 2 aliphatic rings. The van der Waals surface area contributed by atoms with Gasteiger partial charge in [0.2, 0.25) is 11.8 Å². The second-order valence-electron chi connectivity index (χ2n) is 9.82. The van der Waals surface area contributed by atoms with Crippen molar-refractivity contribution in [1.29, 1.82) is 0 Å². The van der Waals surface area contributed by atoms with E-state index in [2.05, 4.69) is 31.4 Å². The lowest BCUT2D eigenvalue weighted by molar-refractivity contribution is -0.384. The molecular weight excluding hydrogens is 424 g/mol. The number of non-ortho nitro benzene ring substituents is 1. The minimum absolute atomic E-state index is 0.00865. The average molecular weight is 453 g/mol. The van der Waals surface area contributed by atoms with E-state index in [1.807, 2.05) is 29.2 Å². The first-order valence-electron chi connectivity index (χ1n) is 10.8. The van der Waals surface area contributed by atoms with Crippen molar-refractivity contribution in [3.63, 3.8) is 0 Å². The van der Waals surface area contributed by atoms with E-state index in [-0.39, 0.29) is 28.7 Å². The molecule has 0 bridgehead atoms. The Hall–Kier alpha value is -3.46. The third-order valence-electron chi connectivity index (χ3n) is 6.17. The fourth-order valence-corrected chi connectivity index (χ4v) is 4.69. The Morgan fingerprint density at radius 2 is 2.03 bits per heavy atom. The number of para-hydroxylation sites is 1. The molecule has 0 aliphatic carbocycles. The molecule has 0 aromatic heterocycles. The zero-order chi connectivity index (χ0) is 24.0. The van der Waals surface area contributed by atoms with Crippen molar-refractivity contribution in [3.8, 4) is 5.75 Å². The van der Waals surface area contributed by atoms with Crippen LogP contribution in [0, 0.1) is 15.5 Å². The highest BCUT2D eigenvalue weighted by Gasteiger charge is 2.56. The molecule has 2 aromatic rings. The molecule has 0 radical (unpaired) electrons. The van der Waals surface area contributed by atoms with Gasteiger partial charge in [0.15, 0.2) is 0 Å². The van der Waals surface area contributed by atoms with Gasteiger partial charge in [0, 0.05) is 24.8 Å². The van der Waals surface area contributed by atoms with Crippen molar-refractivity contribution in [2.75, 3.05) is 30.4 Å². The first kappa shape index (κ1) is 22.7. The maximum atomic E-state index is 13.7. The maximum Gasteiger partial charge on any atom is 0.273 e. The van der Waals surface area contributed by atoms with Crippen molar-refractivity contribution < 1.29 is 19.2 Å². The summed E-state index contributed by atoms with van der Waals surface area (Å²) in [4.78, 5) is 39.1. The number of methoxy groups -OCH3 is 1. The first-order valence-corrected chi connectivity index (χ1v) is 10.8. The van der Waals surface area contributed by atoms with Gasteiger partial charge in [-0.15, -0.1) is 0 Å². The van der Waals surface area contributed by atoms with Crippen LogP contribution in [0.1, 0.15) is 32.8 Å². The molecular formula is C24H28N4O5. The number of hydrogen-bond donors (Lipinski definition) is 2. The lowest BCUT2D eigenvalue weighted by Crippen LogP contribution is -2.44. The highest BCUT2D eigenvalue weighted by molar-refractivity contribution is 6.09. The van der Waals surface area contributed by atoms with E-state index in [4.69, 9.17) is 4.74 Å². The van der Waals surface area contributed by atoms with Gasteiger partial charge >= 0.3 is 0 Å². The number of nitro benzene ring substituents is 1. The van der Waals surface area contributed by atoms with Gasteiger partial charge in [0.05, 0.1) is 35.2 Å². The number of carbonyl (C=O) groups is 2. The Morgan fingerprint density at radius 1 is 1.30 bits per heavy atom. The zero-order valence-corrected chi connectivity index (χ0v) is 19.2. The fraction of sp³-hybridized carbons (Fsp3) is 0.417. The Labute approximate surface area is 192 Å². The molecule has 2 aromatic carbocycles. The molecule has 1 saturated heterocycles. The molecule has 4 rings (SSSR count). The van der Waals surface area contributed by atoms with Crippen LogP contribution in [-0.2, 0) is 15.0 Å². The normalized spacial score (nSPS) is 21.9. The predicted molar refractivity (Wildman–Crippen MR) is 125 cm³/mol. The first-order chi connectivity index (χ1) is 15.6. The molecule has 2 amide bonds. The third-order valence-corrected chi connectivity index (χ3v) is 6.17. The highest BCUT2D eigenvalue weighted by atomic mass is 16.6. The Morgan fingerprint density at radius 3 is 2.70 bits per heavy atom. The molecule has 9 nitrogen and oxygen atoms in total. The number of amides is 2. The smallest absolute Gasteiger partial charge is 0.273 e. The molecule has 1 fully saturated rings. The summed E-state index contributed by atoms with van der Waals surface area (Å²) in [6, 6.07) is 11.2. The van der Waals surface area contributed by atoms with Crippen LogP contribution in [0.25, 0.3) is 0 Å². The molecule has 2 atom stereocenters. The van der Waals surface area contributed by atoms with Crippen molar-refractivity contribution in [2.45, 2.75) is 38.6 Å². The van der Waals surface area contributed by atoms with E-state index in [0.717, 1.165) is 11.3 Å². The van der Waals surface area contributed by atoms with Crippen LogP contribution in [0.2, 0.25) is 0 Å². The van der Waals surface area contributed by atoms with Crippen molar-refractivity contribution in [2.24, 2.45) is 5.41 Å². The second-order valence-corrected chi connectivity index (χ2v) is 9.82. The summed E-state index contributed by atoms with van der Waals surface area (Å²) in [6.45, 7) is 7.22. The minimum Gasteiger partial charge on any atom is -0.494 e. The summed E-state index contributed by atoms with van der Waals surface area (Å²) in [5, 5.41) is 17.0. The molecule has 9 heteroatoms. The quantitative estimate of drug-likeness (QED) is 0.532. The summed E-state index contributed by atoms with van der Waals surface area (Å²) < 4.78 is 5.22. The topological polar surface area (TPSA) is 114 Å². The molecule has 2 aliphatic heterocycles. The number of nitro groups is 1. The number of nitrogens with zero attached hydrogens (tertiary/aromatic N) is 2. The van der Waals surface area contributed by atoms with Gasteiger partial charge in [-0.05, 0) is 29.5 Å². The summed E-state index contributed by atoms with van der Waals surface area (Å²) >= 11 is 0. The van der Waals surface area contributed by atoms with E-state index in [1.165, 1.54) is 25.3 Å². The van der Waals surface area contributed by atoms with Crippen LogP contribution in [0.15, 0.2) is 42.5 Å². The number of rotatable bonds is 5. The monoisotopic (exact) mass is 452 g/mol. The number of fused-ring (bicyclic) bond motifs is 2. The average Bonchev–Trinajstić information content (AvgIpc) is 3.31.